The standard InChI is InChI=1S/C28H40N2O2/c1-22(18-29-14-10-23(11-15-29)27-8-4-2-6-25(27)20-31)19-30-16-12-24(13-17-30)28-9-5-3-7-26(28)21-32/h2-9,22-24,31-32H,10-21H2,1H3. The second-order valence-corrected chi connectivity index (χ2v) is 9.97. The van der Waals surface area contributed by atoms with E-state index in [0.29, 0.717) is 17.8 Å². The topological polar surface area (TPSA) is 46.9 Å². The van der Waals surface area contributed by atoms with Gasteiger partial charge in [0.1, 0.15) is 0 Å². The molecule has 4 rings (SSSR count). The van der Waals surface area contributed by atoms with Gasteiger partial charge in [0.2, 0.25) is 0 Å². The molecule has 0 radical (unpaired) electrons. The maximum Gasteiger partial charge on any atom is 0.0684 e. The molecular weight excluding hydrogens is 396 g/mol. The van der Waals surface area contributed by atoms with Gasteiger partial charge < -0.3 is 20.0 Å². The molecule has 2 aromatic carbocycles. The molecule has 0 unspecified atom stereocenters. The van der Waals surface area contributed by atoms with Crippen LogP contribution in [0.1, 0.15) is 66.7 Å². The lowest BCUT2D eigenvalue weighted by molar-refractivity contribution is 0.141. The van der Waals surface area contributed by atoms with E-state index in [1.165, 1.54) is 49.9 Å². The third kappa shape index (κ3) is 5.79. The van der Waals surface area contributed by atoms with E-state index < -0.39 is 0 Å². The molecule has 0 aromatic heterocycles. The summed E-state index contributed by atoms with van der Waals surface area (Å²) in [4.78, 5) is 5.29. The summed E-state index contributed by atoms with van der Waals surface area (Å²) in [5, 5.41) is 19.3. The molecule has 2 aliphatic rings. The Balaban J connectivity index is 1.20. The van der Waals surface area contributed by atoms with Crippen molar-refractivity contribution in [3.63, 3.8) is 0 Å². The van der Waals surface area contributed by atoms with E-state index in [1.54, 1.807) is 0 Å². The fourth-order valence-electron chi connectivity index (χ4n) is 5.95. The third-order valence-corrected chi connectivity index (χ3v) is 7.65. The van der Waals surface area contributed by atoms with Gasteiger partial charge in [-0.1, -0.05) is 55.5 Å². The van der Waals surface area contributed by atoms with Crippen LogP contribution in [-0.2, 0) is 13.2 Å². The van der Waals surface area contributed by atoms with E-state index in [4.69, 9.17) is 0 Å². The van der Waals surface area contributed by atoms with E-state index in [2.05, 4.69) is 53.1 Å². The van der Waals surface area contributed by atoms with Crippen LogP contribution in [0.2, 0.25) is 0 Å². The van der Waals surface area contributed by atoms with Crippen LogP contribution in [-0.4, -0.2) is 59.3 Å². The number of piperidine rings is 2. The number of aliphatic hydroxyl groups excluding tert-OH is 2. The zero-order chi connectivity index (χ0) is 22.3. The third-order valence-electron chi connectivity index (χ3n) is 7.65. The maximum atomic E-state index is 9.66. The predicted octanol–water partition coefficient (Wildman–Crippen LogP) is 4.37. The highest BCUT2D eigenvalue weighted by Gasteiger charge is 2.26. The first-order valence-corrected chi connectivity index (χ1v) is 12.5. The first-order chi connectivity index (χ1) is 15.7. The fourth-order valence-corrected chi connectivity index (χ4v) is 5.95. The van der Waals surface area contributed by atoms with Crippen LogP contribution in [0.15, 0.2) is 48.5 Å². The molecule has 0 atom stereocenters. The van der Waals surface area contributed by atoms with E-state index in [0.717, 1.165) is 37.3 Å². The summed E-state index contributed by atoms with van der Waals surface area (Å²) in [6.45, 7) is 9.71. The van der Waals surface area contributed by atoms with Crippen LogP contribution in [0.4, 0.5) is 0 Å². The van der Waals surface area contributed by atoms with Crippen molar-refractivity contribution in [1.29, 1.82) is 0 Å². The minimum Gasteiger partial charge on any atom is -0.392 e. The first kappa shape index (κ1) is 23.4. The zero-order valence-electron chi connectivity index (χ0n) is 19.6. The van der Waals surface area contributed by atoms with Crippen molar-refractivity contribution in [2.24, 2.45) is 5.92 Å². The van der Waals surface area contributed by atoms with Gasteiger partial charge >= 0.3 is 0 Å². The lowest BCUT2D eigenvalue weighted by atomic mass is 9.86. The van der Waals surface area contributed by atoms with Crippen molar-refractivity contribution in [3.05, 3.63) is 70.8 Å². The van der Waals surface area contributed by atoms with Crippen molar-refractivity contribution in [2.45, 2.75) is 57.7 Å². The number of aliphatic hydroxyl groups is 2. The summed E-state index contributed by atoms with van der Waals surface area (Å²) in [5.74, 6) is 1.86. The molecule has 32 heavy (non-hydrogen) atoms. The normalized spacial score (nSPS) is 19.6. The van der Waals surface area contributed by atoms with Crippen LogP contribution in [0.25, 0.3) is 0 Å². The molecule has 0 amide bonds. The number of hydrogen-bond acceptors (Lipinski definition) is 4. The maximum absolute atomic E-state index is 9.66. The van der Waals surface area contributed by atoms with Crippen LogP contribution >= 0.6 is 0 Å². The van der Waals surface area contributed by atoms with Crippen LogP contribution in [0.3, 0.4) is 0 Å². The van der Waals surface area contributed by atoms with Crippen LogP contribution in [0, 0.1) is 5.92 Å². The van der Waals surface area contributed by atoms with Gasteiger partial charge in [0.05, 0.1) is 13.2 Å². The molecule has 0 spiro atoms. The lowest BCUT2D eigenvalue weighted by Crippen LogP contribution is -2.41. The Labute approximate surface area is 193 Å². The number of rotatable bonds is 8. The van der Waals surface area contributed by atoms with Crippen molar-refractivity contribution >= 4 is 0 Å². The summed E-state index contributed by atoms with van der Waals surface area (Å²) in [5.41, 5.74) is 4.91. The first-order valence-electron chi connectivity index (χ1n) is 12.5. The number of likely N-dealkylation sites (tertiary alicyclic amines) is 2. The Kier molecular flexibility index (Phi) is 8.37. The average molecular weight is 437 g/mol. The number of hydrogen-bond donors (Lipinski definition) is 2. The van der Waals surface area contributed by atoms with Crippen LogP contribution < -0.4 is 0 Å². The van der Waals surface area contributed by atoms with Gasteiger partial charge in [-0.3, -0.25) is 0 Å². The van der Waals surface area contributed by atoms with Gasteiger partial charge in [-0.25, -0.2) is 0 Å². The lowest BCUT2D eigenvalue weighted by Gasteiger charge is -2.37. The summed E-state index contributed by atoms with van der Waals surface area (Å²) in [7, 11) is 0. The highest BCUT2D eigenvalue weighted by atomic mass is 16.3. The summed E-state index contributed by atoms with van der Waals surface area (Å²) >= 11 is 0. The molecule has 2 aliphatic heterocycles. The Morgan fingerprint density at radius 2 is 1.06 bits per heavy atom. The van der Waals surface area contributed by atoms with Gasteiger partial charge in [0.15, 0.2) is 0 Å². The van der Waals surface area contributed by atoms with E-state index in [1.807, 2.05) is 12.1 Å². The largest absolute Gasteiger partial charge is 0.392 e. The molecule has 0 bridgehead atoms. The van der Waals surface area contributed by atoms with E-state index in [-0.39, 0.29) is 13.2 Å². The Hall–Kier alpha value is -1.72. The van der Waals surface area contributed by atoms with Gasteiger partial charge in [-0.05, 0) is 91.9 Å². The zero-order valence-corrected chi connectivity index (χ0v) is 19.6. The molecule has 2 aromatic rings. The smallest absolute Gasteiger partial charge is 0.0684 e. The Morgan fingerprint density at radius 1 is 0.688 bits per heavy atom. The summed E-state index contributed by atoms with van der Waals surface area (Å²) in [6, 6.07) is 16.8. The minimum absolute atomic E-state index is 0.149. The number of nitrogens with zero attached hydrogens (tertiary/aromatic N) is 2. The fraction of sp³-hybridized carbons (Fsp3) is 0.571. The molecule has 2 N–H and O–H groups in total. The van der Waals surface area contributed by atoms with Crippen molar-refractivity contribution in [3.8, 4) is 0 Å². The van der Waals surface area contributed by atoms with Gasteiger partial charge in [-0.2, -0.15) is 0 Å². The van der Waals surface area contributed by atoms with Gasteiger partial charge in [-0.15, -0.1) is 0 Å². The molecule has 2 fully saturated rings. The monoisotopic (exact) mass is 436 g/mol. The molecular formula is C28H40N2O2. The quantitative estimate of drug-likeness (QED) is 0.645. The van der Waals surface area contributed by atoms with Crippen LogP contribution in [0.5, 0.6) is 0 Å². The minimum atomic E-state index is 0.149. The highest BCUT2D eigenvalue weighted by Crippen LogP contribution is 2.32. The van der Waals surface area contributed by atoms with E-state index >= 15 is 0 Å². The van der Waals surface area contributed by atoms with Crippen molar-refractivity contribution < 1.29 is 10.2 Å². The molecule has 4 nitrogen and oxygen atoms in total. The van der Waals surface area contributed by atoms with Gasteiger partial charge in [0, 0.05) is 13.1 Å². The van der Waals surface area contributed by atoms with Crippen molar-refractivity contribution in [1.82, 2.24) is 9.80 Å². The summed E-state index contributed by atoms with van der Waals surface area (Å²) < 4.78 is 0. The molecule has 2 saturated heterocycles. The summed E-state index contributed by atoms with van der Waals surface area (Å²) in [6.07, 6.45) is 4.78. The second kappa shape index (κ2) is 11.4. The molecule has 174 valence electrons. The molecule has 2 heterocycles. The van der Waals surface area contributed by atoms with E-state index in [9.17, 15) is 10.2 Å². The average Bonchev–Trinajstić information content (AvgIpc) is 2.85. The predicted molar refractivity (Wildman–Crippen MR) is 131 cm³/mol. The Bertz CT molecular complexity index is 769. The number of benzene rings is 2. The molecule has 0 saturated carbocycles. The Morgan fingerprint density at radius 3 is 1.44 bits per heavy atom. The molecule has 4 heteroatoms. The highest BCUT2D eigenvalue weighted by molar-refractivity contribution is 5.31. The van der Waals surface area contributed by atoms with Gasteiger partial charge in [0.25, 0.3) is 0 Å². The molecule has 0 aliphatic carbocycles. The SMILES string of the molecule is CC(CN1CCC(c2ccccc2CO)CC1)CN1CCC(c2ccccc2CO)CC1. The van der Waals surface area contributed by atoms with Crippen molar-refractivity contribution in [2.75, 3.05) is 39.3 Å². The second-order valence-electron chi connectivity index (χ2n) is 9.97.